The SMILES string of the molecule is NC(=O)c1ccc(C(=O)CN2C(=O)NC(c3ccccc3)(c3ccccc3)C2=O)cc1. The second-order valence-electron chi connectivity index (χ2n) is 7.17. The normalized spacial score (nSPS) is 14.9. The molecular formula is C24H19N3O4. The smallest absolute Gasteiger partial charge is 0.325 e. The molecule has 1 saturated heterocycles. The Bertz CT molecular complexity index is 1120. The first-order valence-corrected chi connectivity index (χ1v) is 9.61. The highest BCUT2D eigenvalue weighted by atomic mass is 16.2. The lowest BCUT2D eigenvalue weighted by Crippen LogP contribution is -2.45. The number of primary amides is 1. The van der Waals surface area contributed by atoms with Gasteiger partial charge in [-0.05, 0) is 23.3 Å². The first-order chi connectivity index (χ1) is 14.9. The zero-order valence-electron chi connectivity index (χ0n) is 16.4. The molecule has 31 heavy (non-hydrogen) atoms. The van der Waals surface area contributed by atoms with Crippen molar-refractivity contribution in [2.24, 2.45) is 5.73 Å². The predicted molar refractivity (Wildman–Crippen MR) is 113 cm³/mol. The van der Waals surface area contributed by atoms with Crippen molar-refractivity contribution in [1.82, 2.24) is 10.2 Å². The van der Waals surface area contributed by atoms with Gasteiger partial charge in [0.1, 0.15) is 0 Å². The van der Waals surface area contributed by atoms with Crippen molar-refractivity contribution in [1.29, 1.82) is 0 Å². The van der Waals surface area contributed by atoms with Crippen molar-refractivity contribution in [3.63, 3.8) is 0 Å². The van der Waals surface area contributed by atoms with E-state index in [-0.39, 0.29) is 11.1 Å². The molecule has 0 bridgehead atoms. The van der Waals surface area contributed by atoms with Crippen molar-refractivity contribution in [2.45, 2.75) is 5.54 Å². The van der Waals surface area contributed by atoms with Crippen LogP contribution in [0.2, 0.25) is 0 Å². The summed E-state index contributed by atoms with van der Waals surface area (Å²) >= 11 is 0. The number of carbonyl (C=O) groups excluding carboxylic acids is 4. The minimum atomic E-state index is -1.42. The minimum Gasteiger partial charge on any atom is -0.366 e. The number of urea groups is 1. The van der Waals surface area contributed by atoms with Gasteiger partial charge in [-0.3, -0.25) is 19.3 Å². The van der Waals surface area contributed by atoms with E-state index in [4.69, 9.17) is 5.73 Å². The third kappa shape index (κ3) is 3.46. The van der Waals surface area contributed by atoms with Gasteiger partial charge in [-0.25, -0.2) is 4.79 Å². The Morgan fingerprint density at radius 2 is 1.26 bits per heavy atom. The zero-order chi connectivity index (χ0) is 22.0. The van der Waals surface area contributed by atoms with Gasteiger partial charge in [0.2, 0.25) is 5.91 Å². The van der Waals surface area contributed by atoms with Crippen LogP contribution in [0.4, 0.5) is 4.79 Å². The number of hydrogen-bond acceptors (Lipinski definition) is 4. The summed E-state index contributed by atoms with van der Waals surface area (Å²) in [6.45, 7) is -0.429. The molecule has 0 aliphatic carbocycles. The molecule has 154 valence electrons. The van der Waals surface area contributed by atoms with E-state index in [9.17, 15) is 19.2 Å². The quantitative estimate of drug-likeness (QED) is 0.478. The maximum Gasteiger partial charge on any atom is 0.325 e. The summed E-state index contributed by atoms with van der Waals surface area (Å²) < 4.78 is 0. The van der Waals surface area contributed by atoms with Crippen LogP contribution in [-0.2, 0) is 10.3 Å². The highest BCUT2D eigenvalue weighted by molar-refractivity contribution is 6.13. The number of imide groups is 1. The van der Waals surface area contributed by atoms with Crippen LogP contribution in [0.15, 0.2) is 84.9 Å². The van der Waals surface area contributed by atoms with Gasteiger partial charge in [-0.15, -0.1) is 0 Å². The molecule has 0 spiro atoms. The molecule has 7 nitrogen and oxygen atoms in total. The third-order valence-electron chi connectivity index (χ3n) is 5.31. The first-order valence-electron chi connectivity index (χ1n) is 9.61. The van der Waals surface area contributed by atoms with Crippen molar-refractivity contribution < 1.29 is 19.2 Å². The predicted octanol–water partition coefficient (Wildman–Crippen LogP) is 2.46. The van der Waals surface area contributed by atoms with Crippen molar-refractivity contribution in [2.75, 3.05) is 6.54 Å². The average molecular weight is 413 g/mol. The van der Waals surface area contributed by atoms with Crippen LogP contribution in [0.1, 0.15) is 31.8 Å². The van der Waals surface area contributed by atoms with Crippen LogP contribution in [-0.4, -0.2) is 35.1 Å². The number of hydrogen-bond donors (Lipinski definition) is 2. The lowest BCUT2D eigenvalue weighted by Gasteiger charge is -2.28. The molecular weight excluding hydrogens is 394 g/mol. The summed E-state index contributed by atoms with van der Waals surface area (Å²) in [5, 5.41) is 2.80. The fourth-order valence-corrected chi connectivity index (χ4v) is 3.71. The first kappa shape index (κ1) is 20.0. The molecule has 3 aromatic carbocycles. The third-order valence-corrected chi connectivity index (χ3v) is 5.31. The summed E-state index contributed by atoms with van der Waals surface area (Å²) in [5.74, 6) is -1.57. The summed E-state index contributed by atoms with van der Waals surface area (Å²) in [4.78, 5) is 51.3. The maximum atomic E-state index is 13.6. The highest BCUT2D eigenvalue weighted by Crippen LogP contribution is 2.36. The molecule has 4 amide bonds. The monoisotopic (exact) mass is 413 g/mol. The second-order valence-corrected chi connectivity index (χ2v) is 7.17. The molecule has 0 aromatic heterocycles. The molecule has 0 radical (unpaired) electrons. The molecule has 1 fully saturated rings. The van der Waals surface area contributed by atoms with E-state index in [0.29, 0.717) is 11.1 Å². The lowest BCUT2D eigenvalue weighted by molar-refractivity contribution is -0.129. The Morgan fingerprint density at radius 3 is 1.74 bits per heavy atom. The van der Waals surface area contributed by atoms with E-state index in [2.05, 4.69) is 5.32 Å². The Balaban J connectivity index is 1.68. The number of nitrogens with one attached hydrogen (secondary N) is 1. The Kier molecular flexibility index (Phi) is 5.09. The van der Waals surface area contributed by atoms with Gasteiger partial charge < -0.3 is 11.1 Å². The molecule has 0 saturated carbocycles. The molecule has 3 aromatic rings. The maximum absolute atomic E-state index is 13.6. The standard InChI is InChI=1S/C24H19N3O4/c25-21(29)17-13-11-16(12-14-17)20(28)15-27-22(30)24(26-23(27)31,18-7-3-1-4-8-18)19-9-5-2-6-10-19/h1-14H,15H2,(H2,25,29)(H,26,31). The summed E-state index contributed by atoms with van der Waals surface area (Å²) in [7, 11) is 0. The van der Waals surface area contributed by atoms with Gasteiger partial charge in [-0.1, -0.05) is 72.8 Å². The van der Waals surface area contributed by atoms with Crippen molar-refractivity contribution in [3.8, 4) is 0 Å². The number of nitrogens with zero attached hydrogens (tertiary/aromatic N) is 1. The lowest BCUT2D eigenvalue weighted by atomic mass is 9.82. The molecule has 1 heterocycles. The van der Waals surface area contributed by atoms with E-state index < -0.39 is 35.7 Å². The van der Waals surface area contributed by atoms with Crippen LogP contribution in [0.25, 0.3) is 0 Å². The molecule has 7 heteroatoms. The number of benzene rings is 3. The fraction of sp³-hybridized carbons (Fsp3) is 0.0833. The van der Waals surface area contributed by atoms with Gasteiger partial charge >= 0.3 is 6.03 Å². The van der Waals surface area contributed by atoms with Gasteiger partial charge in [-0.2, -0.15) is 0 Å². The van der Waals surface area contributed by atoms with E-state index in [1.54, 1.807) is 48.5 Å². The molecule has 4 rings (SSSR count). The summed E-state index contributed by atoms with van der Waals surface area (Å²) in [6.07, 6.45) is 0. The van der Waals surface area contributed by atoms with Crippen LogP contribution >= 0.6 is 0 Å². The van der Waals surface area contributed by atoms with Gasteiger partial charge in [0.25, 0.3) is 5.91 Å². The summed E-state index contributed by atoms with van der Waals surface area (Å²) in [5.41, 5.74) is 5.52. The molecule has 3 N–H and O–H groups in total. The number of amides is 4. The number of ketones is 1. The van der Waals surface area contributed by atoms with E-state index in [1.807, 2.05) is 12.1 Å². The Hall–Kier alpha value is -4.26. The van der Waals surface area contributed by atoms with Crippen molar-refractivity contribution >= 4 is 23.6 Å². The van der Waals surface area contributed by atoms with Crippen LogP contribution in [0.5, 0.6) is 0 Å². The Morgan fingerprint density at radius 1 is 0.774 bits per heavy atom. The van der Waals surface area contributed by atoms with Crippen LogP contribution in [0.3, 0.4) is 0 Å². The zero-order valence-corrected chi connectivity index (χ0v) is 16.4. The number of nitrogens with two attached hydrogens (primary N) is 1. The second kappa shape index (κ2) is 7.87. The minimum absolute atomic E-state index is 0.263. The van der Waals surface area contributed by atoms with Crippen LogP contribution < -0.4 is 11.1 Å². The number of Topliss-reactive ketones (excluding diaryl/α,β-unsaturated/α-hetero) is 1. The molecule has 1 aliphatic rings. The topological polar surface area (TPSA) is 110 Å². The number of rotatable bonds is 6. The molecule has 1 aliphatic heterocycles. The average Bonchev–Trinajstić information content (AvgIpc) is 3.06. The Labute approximate surface area is 178 Å². The molecule has 0 atom stereocenters. The summed E-state index contributed by atoms with van der Waals surface area (Å²) in [6, 6.07) is 22.9. The number of carbonyl (C=O) groups is 4. The van der Waals surface area contributed by atoms with E-state index >= 15 is 0 Å². The van der Waals surface area contributed by atoms with Crippen molar-refractivity contribution in [3.05, 3.63) is 107 Å². The largest absolute Gasteiger partial charge is 0.366 e. The fourth-order valence-electron chi connectivity index (χ4n) is 3.71. The van der Waals surface area contributed by atoms with Gasteiger partial charge in [0.15, 0.2) is 11.3 Å². The van der Waals surface area contributed by atoms with Gasteiger partial charge in [0, 0.05) is 11.1 Å². The highest BCUT2D eigenvalue weighted by Gasteiger charge is 2.53. The van der Waals surface area contributed by atoms with E-state index in [1.165, 1.54) is 24.3 Å². The van der Waals surface area contributed by atoms with Crippen LogP contribution in [0, 0.1) is 0 Å². The van der Waals surface area contributed by atoms with Gasteiger partial charge in [0.05, 0.1) is 6.54 Å². The molecule has 0 unspecified atom stereocenters. The van der Waals surface area contributed by atoms with E-state index in [0.717, 1.165) is 4.90 Å².